The van der Waals surface area contributed by atoms with Gasteiger partial charge >= 0.3 is 0 Å². The molecule has 1 aliphatic heterocycles. The van der Waals surface area contributed by atoms with Crippen LogP contribution >= 0.6 is 0 Å². The fraction of sp³-hybridized carbons (Fsp3) is 0.450. The number of ether oxygens (including phenoxy) is 1. The Morgan fingerprint density at radius 3 is 2.90 bits per heavy atom. The van der Waals surface area contributed by atoms with E-state index < -0.39 is 11.6 Å². The third-order valence-electron chi connectivity index (χ3n) is 4.93. The van der Waals surface area contributed by atoms with Crippen LogP contribution in [-0.2, 0) is 16.1 Å². The maximum Gasteiger partial charge on any atom is 0.268 e. The smallest absolute Gasteiger partial charge is 0.268 e. The number of methoxy groups -OCH3 is 1. The highest BCUT2D eigenvalue weighted by atomic mass is 19.1. The van der Waals surface area contributed by atoms with E-state index in [9.17, 15) is 18.4 Å². The van der Waals surface area contributed by atoms with Gasteiger partial charge in [0.2, 0.25) is 5.91 Å². The molecule has 0 aliphatic carbocycles. The Morgan fingerprint density at radius 1 is 1.34 bits per heavy atom. The average molecular weight is 406 g/mol. The molecule has 1 atom stereocenters. The molecule has 2 aromatic rings. The van der Waals surface area contributed by atoms with E-state index in [0.717, 1.165) is 37.2 Å². The lowest BCUT2D eigenvalue weighted by molar-refractivity contribution is -0.117. The van der Waals surface area contributed by atoms with Gasteiger partial charge in [-0.3, -0.25) is 9.59 Å². The van der Waals surface area contributed by atoms with Crippen molar-refractivity contribution in [1.29, 1.82) is 0 Å². The van der Waals surface area contributed by atoms with E-state index in [1.807, 2.05) is 4.90 Å². The van der Waals surface area contributed by atoms with E-state index in [2.05, 4.69) is 10.4 Å². The largest absolute Gasteiger partial charge is 0.383 e. The maximum atomic E-state index is 13.7. The SMILES string of the molecule is COCCn1ncc(N2CCCC(CC(=O)Nc3ccc(F)cc3F)C2)cc1=O. The number of hydrogen-bond acceptors (Lipinski definition) is 5. The quantitative estimate of drug-likeness (QED) is 0.764. The van der Waals surface area contributed by atoms with Crippen LogP contribution in [0.5, 0.6) is 0 Å². The van der Waals surface area contributed by atoms with Crippen molar-refractivity contribution in [1.82, 2.24) is 9.78 Å². The number of aromatic nitrogens is 2. The Labute approximate surface area is 167 Å². The number of piperidine rings is 1. The van der Waals surface area contributed by atoms with Gasteiger partial charge in [0.1, 0.15) is 11.6 Å². The standard InChI is InChI=1S/C20H24F2N4O3/c1-29-8-7-26-20(28)11-16(12-23-26)25-6-2-3-14(13-25)9-19(27)24-18-5-4-15(21)10-17(18)22/h4-5,10-12,14H,2-3,6-9,13H2,1H3,(H,24,27). The molecule has 1 aliphatic rings. The maximum absolute atomic E-state index is 13.7. The number of nitrogens with one attached hydrogen (secondary N) is 1. The Kier molecular flexibility index (Phi) is 6.92. The Bertz CT molecular complexity index is 919. The van der Waals surface area contributed by atoms with E-state index in [0.29, 0.717) is 19.7 Å². The summed E-state index contributed by atoms with van der Waals surface area (Å²) in [5.41, 5.74) is 0.484. The molecule has 1 N–H and O–H groups in total. The van der Waals surface area contributed by atoms with Gasteiger partial charge in [0.25, 0.3) is 5.56 Å². The van der Waals surface area contributed by atoms with Crippen LogP contribution in [0, 0.1) is 17.6 Å². The predicted molar refractivity (Wildman–Crippen MR) is 105 cm³/mol. The summed E-state index contributed by atoms with van der Waals surface area (Å²) in [6.07, 6.45) is 3.59. The summed E-state index contributed by atoms with van der Waals surface area (Å²) < 4.78 is 33.0. The number of benzene rings is 1. The van der Waals surface area contributed by atoms with E-state index >= 15 is 0 Å². The molecule has 1 aromatic heterocycles. The lowest BCUT2D eigenvalue weighted by Gasteiger charge is -2.34. The number of hydrogen-bond donors (Lipinski definition) is 1. The first-order valence-corrected chi connectivity index (χ1v) is 9.52. The van der Waals surface area contributed by atoms with Crippen molar-refractivity contribution in [3.63, 3.8) is 0 Å². The van der Waals surface area contributed by atoms with Crippen LogP contribution in [0.4, 0.5) is 20.2 Å². The van der Waals surface area contributed by atoms with E-state index in [1.165, 1.54) is 10.7 Å². The Morgan fingerprint density at radius 2 is 2.17 bits per heavy atom. The van der Waals surface area contributed by atoms with Crippen LogP contribution in [0.25, 0.3) is 0 Å². The van der Waals surface area contributed by atoms with Gasteiger partial charge in [-0.15, -0.1) is 0 Å². The number of nitrogens with zero attached hydrogens (tertiary/aromatic N) is 3. The molecule has 9 heteroatoms. The lowest BCUT2D eigenvalue weighted by Crippen LogP contribution is -2.38. The molecule has 1 amide bonds. The molecular weight excluding hydrogens is 382 g/mol. The number of anilines is 2. The number of carbonyl (C=O) groups is 1. The Balaban J connectivity index is 1.59. The molecule has 1 unspecified atom stereocenters. The number of halogens is 2. The van der Waals surface area contributed by atoms with Gasteiger partial charge in [-0.1, -0.05) is 0 Å². The number of rotatable bonds is 7. The van der Waals surface area contributed by atoms with Gasteiger partial charge in [0.15, 0.2) is 0 Å². The summed E-state index contributed by atoms with van der Waals surface area (Å²) in [6.45, 7) is 2.16. The second-order valence-corrected chi connectivity index (χ2v) is 7.10. The van der Waals surface area contributed by atoms with Crippen LogP contribution in [0.3, 0.4) is 0 Å². The molecule has 29 heavy (non-hydrogen) atoms. The topological polar surface area (TPSA) is 76.5 Å². The fourth-order valence-corrected chi connectivity index (χ4v) is 3.46. The number of carbonyl (C=O) groups excluding carboxylic acids is 1. The fourth-order valence-electron chi connectivity index (χ4n) is 3.46. The van der Waals surface area contributed by atoms with Crippen molar-refractivity contribution in [3.8, 4) is 0 Å². The molecule has 7 nitrogen and oxygen atoms in total. The van der Waals surface area contributed by atoms with Crippen molar-refractivity contribution in [2.45, 2.75) is 25.8 Å². The van der Waals surface area contributed by atoms with Crippen molar-refractivity contribution < 1.29 is 18.3 Å². The van der Waals surface area contributed by atoms with Crippen molar-refractivity contribution >= 4 is 17.3 Å². The molecule has 0 saturated carbocycles. The van der Waals surface area contributed by atoms with Gasteiger partial charge in [-0.05, 0) is 30.9 Å². The zero-order valence-corrected chi connectivity index (χ0v) is 16.2. The molecule has 0 spiro atoms. The van der Waals surface area contributed by atoms with Gasteiger partial charge in [-0.2, -0.15) is 5.10 Å². The molecule has 1 fully saturated rings. The monoisotopic (exact) mass is 406 g/mol. The molecule has 156 valence electrons. The van der Waals surface area contributed by atoms with Gasteiger partial charge in [0.05, 0.1) is 30.7 Å². The summed E-state index contributed by atoms with van der Waals surface area (Å²) >= 11 is 0. The summed E-state index contributed by atoms with van der Waals surface area (Å²) in [4.78, 5) is 26.5. The zero-order valence-electron chi connectivity index (χ0n) is 16.2. The van der Waals surface area contributed by atoms with E-state index in [1.54, 1.807) is 19.4 Å². The Hall–Kier alpha value is -2.81. The number of amides is 1. The summed E-state index contributed by atoms with van der Waals surface area (Å²) in [5.74, 6) is -1.76. The van der Waals surface area contributed by atoms with Crippen molar-refractivity contribution in [3.05, 3.63) is 52.5 Å². The first kappa shape index (κ1) is 20.9. The lowest BCUT2D eigenvalue weighted by atomic mass is 9.94. The van der Waals surface area contributed by atoms with Gasteiger partial charge in [0, 0.05) is 38.8 Å². The van der Waals surface area contributed by atoms with Crippen LogP contribution in [0.15, 0.2) is 35.3 Å². The second-order valence-electron chi connectivity index (χ2n) is 7.10. The van der Waals surface area contributed by atoms with Gasteiger partial charge < -0.3 is 15.0 Å². The molecule has 0 bridgehead atoms. The normalized spacial score (nSPS) is 16.7. The van der Waals surface area contributed by atoms with Crippen LogP contribution < -0.4 is 15.8 Å². The summed E-state index contributed by atoms with van der Waals surface area (Å²) in [6, 6.07) is 4.58. The third-order valence-corrected chi connectivity index (χ3v) is 4.93. The molecule has 1 saturated heterocycles. The van der Waals surface area contributed by atoms with Crippen LogP contribution in [-0.4, -0.2) is 42.5 Å². The molecule has 0 radical (unpaired) electrons. The van der Waals surface area contributed by atoms with E-state index in [-0.39, 0.29) is 29.5 Å². The minimum Gasteiger partial charge on any atom is -0.383 e. The first-order chi connectivity index (χ1) is 14.0. The van der Waals surface area contributed by atoms with E-state index in [4.69, 9.17) is 4.74 Å². The third kappa shape index (κ3) is 5.60. The second kappa shape index (κ2) is 9.60. The zero-order chi connectivity index (χ0) is 20.8. The summed E-state index contributed by atoms with van der Waals surface area (Å²) in [7, 11) is 1.56. The minimum atomic E-state index is -0.802. The first-order valence-electron chi connectivity index (χ1n) is 9.52. The van der Waals surface area contributed by atoms with Gasteiger partial charge in [-0.25, -0.2) is 13.5 Å². The summed E-state index contributed by atoms with van der Waals surface area (Å²) in [5, 5.41) is 6.68. The molecule has 2 heterocycles. The minimum absolute atomic E-state index is 0.0343. The van der Waals surface area contributed by atoms with Crippen molar-refractivity contribution in [2.24, 2.45) is 5.92 Å². The highest BCUT2D eigenvalue weighted by Gasteiger charge is 2.23. The van der Waals surface area contributed by atoms with Crippen LogP contribution in [0.1, 0.15) is 19.3 Å². The average Bonchev–Trinajstić information content (AvgIpc) is 2.69. The van der Waals surface area contributed by atoms with Crippen LogP contribution in [0.2, 0.25) is 0 Å². The highest BCUT2D eigenvalue weighted by Crippen LogP contribution is 2.24. The molecule has 3 rings (SSSR count). The highest BCUT2D eigenvalue weighted by molar-refractivity contribution is 5.91. The predicted octanol–water partition coefficient (Wildman–Crippen LogP) is 2.41. The molecule has 1 aromatic carbocycles. The van der Waals surface area contributed by atoms with Crippen molar-refractivity contribution in [2.75, 3.05) is 37.0 Å². The molecular formula is C20H24F2N4O3.